The monoisotopic (exact) mass is 256 g/mol. The van der Waals surface area contributed by atoms with E-state index < -0.39 is 0 Å². The minimum atomic E-state index is -0.346. The Morgan fingerprint density at radius 1 is 1.16 bits per heavy atom. The first kappa shape index (κ1) is 13.0. The van der Waals surface area contributed by atoms with Crippen molar-refractivity contribution < 1.29 is 9.90 Å². The van der Waals surface area contributed by atoms with Gasteiger partial charge in [0.2, 0.25) is 0 Å². The van der Waals surface area contributed by atoms with Gasteiger partial charge < -0.3 is 16.2 Å². The number of rotatable bonds is 3. The van der Waals surface area contributed by atoms with Crippen LogP contribution in [0.2, 0.25) is 0 Å². The molecule has 1 amide bonds. The Hall–Kier alpha value is -2.49. The lowest BCUT2D eigenvalue weighted by Gasteiger charge is -2.15. The highest BCUT2D eigenvalue weighted by Gasteiger charge is 2.15. The summed E-state index contributed by atoms with van der Waals surface area (Å²) in [6.45, 7) is 1.89. The average Bonchev–Trinajstić information content (AvgIpc) is 2.42. The minimum absolute atomic E-state index is 0.144. The largest absolute Gasteiger partial charge is 0.505 e. The summed E-state index contributed by atoms with van der Waals surface area (Å²) in [6.07, 6.45) is 0. The average molecular weight is 256 g/mol. The molecule has 4 nitrogen and oxygen atoms in total. The molecule has 2 rings (SSSR count). The van der Waals surface area contributed by atoms with Gasteiger partial charge in [-0.1, -0.05) is 36.4 Å². The van der Waals surface area contributed by atoms with Gasteiger partial charge in [-0.15, -0.1) is 0 Å². The third kappa shape index (κ3) is 2.85. The molecule has 0 saturated carbocycles. The SMILES string of the molecule is CC(NC(=O)c1cccc(N)c1O)c1ccccc1. The van der Waals surface area contributed by atoms with Crippen molar-refractivity contribution in [3.05, 3.63) is 59.7 Å². The lowest BCUT2D eigenvalue weighted by Crippen LogP contribution is -2.26. The summed E-state index contributed by atoms with van der Waals surface area (Å²) >= 11 is 0. The number of hydrogen-bond donors (Lipinski definition) is 3. The summed E-state index contributed by atoms with van der Waals surface area (Å²) in [6, 6.07) is 14.2. The number of amides is 1. The number of anilines is 1. The van der Waals surface area contributed by atoms with Crippen LogP contribution < -0.4 is 11.1 Å². The molecule has 98 valence electrons. The van der Waals surface area contributed by atoms with Crippen molar-refractivity contribution in [2.45, 2.75) is 13.0 Å². The smallest absolute Gasteiger partial charge is 0.255 e. The van der Waals surface area contributed by atoms with Crippen molar-refractivity contribution in [3.63, 3.8) is 0 Å². The Morgan fingerprint density at radius 2 is 1.84 bits per heavy atom. The van der Waals surface area contributed by atoms with Crippen molar-refractivity contribution in [2.24, 2.45) is 0 Å². The molecule has 0 aliphatic heterocycles. The Balaban J connectivity index is 2.16. The lowest BCUT2D eigenvalue weighted by molar-refractivity contribution is 0.0937. The summed E-state index contributed by atoms with van der Waals surface area (Å²) in [5, 5.41) is 12.6. The Morgan fingerprint density at radius 3 is 2.53 bits per heavy atom. The molecule has 4 N–H and O–H groups in total. The summed E-state index contributed by atoms with van der Waals surface area (Å²) in [4.78, 5) is 12.1. The summed E-state index contributed by atoms with van der Waals surface area (Å²) in [5.74, 6) is -0.526. The Labute approximate surface area is 111 Å². The summed E-state index contributed by atoms with van der Waals surface area (Å²) < 4.78 is 0. The number of hydrogen-bond acceptors (Lipinski definition) is 3. The van der Waals surface area contributed by atoms with Gasteiger partial charge in [-0.05, 0) is 24.6 Å². The highest BCUT2D eigenvalue weighted by molar-refractivity contribution is 5.98. The number of para-hydroxylation sites is 1. The number of nitrogens with two attached hydrogens (primary N) is 1. The van der Waals surface area contributed by atoms with Crippen molar-refractivity contribution in [3.8, 4) is 5.75 Å². The second-order valence-electron chi connectivity index (χ2n) is 4.35. The molecule has 1 atom stereocenters. The molecule has 0 saturated heterocycles. The van der Waals surface area contributed by atoms with E-state index in [0.717, 1.165) is 5.56 Å². The van der Waals surface area contributed by atoms with Crippen LogP contribution in [-0.2, 0) is 0 Å². The summed E-state index contributed by atoms with van der Waals surface area (Å²) in [5.41, 5.74) is 6.95. The van der Waals surface area contributed by atoms with E-state index in [9.17, 15) is 9.90 Å². The van der Waals surface area contributed by atoms with Gasteiger partial charge in [0.15, 0.2) is 5.75 Å². The maximum Gasteiger partial charge on any atom is 0.255 e. The molecule has 19 heavy (non-hydrogen) atoms. The van der Waals surface area contributed by atoms with Crippen LogP contribution in [-0.4, -0.2) is 11.0 Å². The van der Waals surface area contributed by atoms with Gasteiger partial charge in [0.25, 0.3) is 5.91 Å². The number of benzene rings is 2. The first-order chi connectivity index (χ1) is 9.09. The quantitative estimate of drug-likeness (QED) is 0.583. The van der Waals surface area contributed by atoms with Crippen molar-refractivity contribution in [1.29, 1.82) is 0 Å². The molecule has 2 aromatic rings. The first-order valence-corrected chi connectivity index (χ1v) is 6.03. The molecule has 0 heterocycles. The normalized spacial score (nSPS) is 11.8. The zero-order chi connectivity index (χ0) is 13.8. The lowest BCUT2D eigenvalue weighted by atomic mass is 10.1. The topological polar surface area (TPSA) is 75.4 Å². The number of aromatic hydroxyl groups is 1. The van der Waals surface area contributed by atoms with Gasteiger partial charge in [-0.25, -0.2) is 0 Å². The van der Waals surface area contributed by atoms with E-state index in [4.69, 9.17) is 5.73 Å². The second-order valence-corrected chi connectivity index (χ2v) is 4.35. The molecule has 0 aromatic heterocycles. The molecular formula is C15H16N2O2. The van der Waals surface area contributed by atoms with Crippen LogP contribution in [0.4, 0.5) is 5.69 Å². The van der Waals surface area contributed by atoms with Crippen molar-refractivity contribution in [1.82, 2.24) is 5.32 Å². The minimum Gasteiger partial charge on any atom is -0.505 e. The highest BCUT2D eigenvalue weighted by Crippen LogP contribution is 2.25. The molecule has 0 aliphatic carbocycles. The number of carbonyl (C=O) groups excluding carboxylic acids is 1. The highest BCUT2D eigenvalue weighted by atomic mass is 16.3. The molecule has 2 aromatic carbocycles. The molecule has 0 radical (unpaired) electrons. The Kier molecular flexibility index (Phi) is 3.71. The fourth-order valence-corrected chi connectivity index (χ4v) is 1.84. The van der Waals surface area contributed by atoms with Crippen LogP contribution in [0, 0.1) is 0 Å². The maximum absolute atomic E-state index is 12.1. The van der Waals surface area contributed by atoms with E-state index in [1.54, 1.807) is 18.2 Å². The van der Waals surface area contributed by atoms with Crippen LogP contribution in [0.25, 0.3) is 0 Å². The standard InChI is InChI=1S/C15H16N2O2/c1-10(11-6-3-2-4-7-11)17-15(19)12-8-5-9-13(16)14(12)18/h2-10,18H,16H2,1H3,(H,17,19). The predicted octanol–water partition coefficient (Wildman–Crippen LogP) is 2.47. The summed E-state index contributed by atoms with van der Waals surface area (Å²) in [7, 11) is 0. The van der Waals surface area contributed by atoms with Gasteiger partial charge in [0.1, 0.15) is 0 Å². The van der Waals surface area contributed by atoms with Crippen molar-refractivity contribution >= 4 is 11.6 Å². The molecule has 0 aliphatic rings. The van der Waals surface area contributed by atoms with Crippen LogP contribution in [0.1, 0.15) is 28.9 Å². The number of nitrogen functional groups attached to an aromatic ring is 1. The molecule has 0 bridgehead atoms. The maximum atomic E-state index is 12.1. The molecule has 1 unspecified atom stereocenters. The third-order valence-corrected chi connectivity index (χ3v) is 2.96. The van der Waals surface area contributed by atoms with Crippen LogP contribution in [0.5, 0.6) is 5.75 Å². The van der Waals surface area contributed by atoms with E-state index in [2.05, 4.69) is 5.32 Å². The number of phenols is 1. The fourth-order valence-electron chi connectivity index (χ4n) is 1.84. The third-order valence-electron chi connectivity index (χ3n) is 2.96. The van der Waals surface area contributed by atoms with Crippen molar-refractivity contribution in [2.75, 3.05) is 5.73 Å². The molecule has 0 spiro atoms. The molecule has 4 heteroatoms. The van der Waals surface area contributed by atoms with E-state index in [1.807, 2.05) is 37.3 Å². The van der Waals surface area contributed by atoms with E-state index >= 15 is 0 Å². The van der Waals surface area contributed by atoms with Crippen LogP contribution in [0.15, 0.2) is 48.5 Å². The number of carbonyl (C=O) groups is 1. The van der Waals surface area contributed by atoms with E-state index in [1.165, 1.54) is 0 Å². The Bertz CT molecular complexity index is 582. The van der Waals surface area contributed by atoms with Gasteiger partial charge in [-0.2, -0.15) is 0 Å². The first-order valence-electron chi connectivity index (χ1n) is 6.03. The zero-order valence-corrected chi connectivity index (χ0v) is 10.6. The predicted molar refractivity (Wildman–Crippen MR) is 74.8 cm³/mol. The van der Waals surface area contributed by atoms with E-state index in [-0.39, 0.29) is 28.9 Å². The van der Waals surface area contributed by atoms with Gasteiger partial charge in [0.05, 0.1) is 17.3 Å². The van der Waals surface area contributed by atoms with Crippen LogP contribution >= 0.6 is 0 Å². The molecular weight excluding hydrogens is 240 g/mol. The van der Waals surface area contributed by atoms with Crippen LogP contribution in [0.3, 0.4) is 0 Å². The fraction of sp³-hybridized carbons (Fsp3) is 0.133. The van der Waals surface area contributed by atoms with E-state index in [0.29, 0.717) is 0 Å². The second kappa shape index (κ2) is 5.44. The zero-order valence-electron chi connectivity index (χ0n) is 10.6. The van der Waals surface area contributed by atoms with Gasteiger partial charge in [-0.3, -0.25) is 4.79 Å². The number of nitrogens with one attached hydrogen (secondary N) is 1. The molecule has 0 fully saturated rings. The van der Waals surface area contributed by atoms with Gasteiger partial charge >= 0.3 is 0 Å². The van der Waals surface area contributed by atoms with Gasteiger partial charge in [0, 0.05) is 0 Å². The number of phenolic OH excluding ortho intramolecular Hbond substituents is 1.